The molecule has 0 heterocycles. The van der Waals surface area contributed by atoms with E-state index >= 15 is 0 Å². The summed E-state index contributed by atoms with van der Waals surface area (Å²) in [6, 6.07) is 5.00. The van der Waals surface area contributed by atoms with Gasteiger partial charge in [0.1, 0.15) is 0 Å². The summed E-state index contributed by atoms with van der Waals surface area (Å²) in [4.78, 5) is 4.43. The Morgan fingerprint density at radius 3 is 2.81 bits per heavy atom. The Balaban J connectivity index is 1.75. The number of guanidine groups is 1. The molecular formula is C20H26F3N3O. The number of aliphatic imine (C=N–C) groups is 1. The Bertz CT molecular complexity index is 673. The van der Waals surface area contributed by atoms with Crippen LogP contribution in [0, 0.1) is 17.8 Å². The van der Waals surface area contributed by atoms with Crippen molar-refractivity contribution in [2.24, 2.45) is 10.9 Å². The van der Waals surface area contributed by atoms with Crippen LogP contribution in [0.2, 0.25) is 0 Å². The molecular weight excluding hydrogens is 355 g/mol. The third-order valence-electron chi connectivity index (χ3n) is 3.88. The van der Waals surface area contributed by atoms with Crippen molar-refractivity contribution in [2.75, 3.05) is 32.8 Å². The average molecular weight is 381 g/mol. The predicted octanol–water partition coefficient (Wildman–Crippen LogP) is 3.43. The highest BCUT2D eigenvalue weighted by atomic mass is 19.4. The molecule has 0 aliphatic heterocycles. The number of rotatable bonds is 8. The van der Waals surface area contributed by atoms with Gasteiger partial charge in [0.2, 0.25) is 0 Å². The highest BCUT2D eigenvalue weighted by Gasteiger charge is 2.30. The lowest BCUT2D eigenvalue weighted by Gasteiger charge is -2.09. The number of nitrogens with one attached hydrogen (secondary N) is 2. The molecule has 4 nitrogen and oxygen atoms in total. The monoisotopic (exact) mass is 381 g/mol. The van der Waals surface area contributed by atoms with E-state index in [1.165, 1.54) is 18.9 Å². The molecule has 0 spiro atoms. The van der Waals surface area contributed by atoms with Crippen molar-refractivity contribution in [2.45, 2.75) is 32.4 Å². The van der Waals surface area contributed by atoms with Gasteiger partial charge in [-0.25, -0.2) is 0 Å². The Hall–Kier alpha value is -2.20. The third kappa shape index (κ3) is 8.83. The molecule has 0 unspecified atom stereocenters. The second kappa shape index (κ2) is 10.8. The van der Waals surface area contributed by atoms with Crippen LogP contribution in [0.4, 0.5) is 13.2 Å². The van der Waals surface area contributed by atoms with Crippen LogP contribution in [0.25, 0.3) is 0 Å². The zero-order valence-electron chi connectivity index (χ0n) is 15.5. The molecule has 2 rings (SSSR count). The molecule has 1 aliphatic carbocycles. The number of nitrogens with zero attached hydrogens (tertiary/aromatic N) is 1. The summed E-state index contributed by atoms with van der Waals surface area (Å²) in [5, 5.41) is 6.17. The van der Waals surface area contributed by atoms with Crippen LogP contribution in [-0.4, -0.2) is 38.8 Å². The van der Waals surface area contributed by atoms with Crippen LogP contribution in [0.1, 0.15) is 37.3 Å². The molecule has 1 aromatic rings. The number of benzene rings is 1. The van der Waals surface area contributed by atoms with Crippen molar-refractivity contribution in [3.63, 3.8) is 0 Å². The maximum Gasteiger partial charge on any atom is 0.416 e. The lowest BCUT2D eigenvalue weighted by atomic mass is 10.1. The first-order valence-electron chi connectivity index (χ1n) is 9.25. The van der Waals surface area contributed by atoms with E-state index in [4.69, 9.17) is 4.74 Å². The van der Waals surface area contributed by atoms with Gasteiger partial charge in [-0.05, 0) is 50.3 Å². The second-order valence-corrected chi connectivity index (χ2v) is 6.37. The fraction of sp³-hybridized carbons (Fsp3) is 0.550. The van der Waals surface area contributed by atoms with E-state index in [1.54, 1.807) is 6.07 Å². The third-order valence-corrected chi connectivity index (χ3v) is 3.88. The zero-order valence-corrected chi connectivity index (χ0v) is 15.5. The van der Waals surface area contributed by atoms with Crippen LogP contribution in [-0.2, 0) is 10.9 Å². The highest BCUT2D eigenvalue weighted by Crippen LogP contribution is 2.29. The first kappa shape index (κ1) is 21.1. The highest BCUT2D eigenvalue weighted by molar-refractivity contribution is 5.80. The number of hydrogen-bond donors (Lipinski definition) is 2. The van der Waals surface area contributed by atoms with E-state index < -0.39 is 11.7 Å². The van der Waals surface area contributed by atoms with E-state index in [0.717, 1.165) is 31.1 Å². The molecule has 0 radical (unpaired) electrons. The summed E-state index contributed by atoms with van der Waals surface area (Å²) in [5.74, 6) is 6.97. The van der Waals surface area contributed by atoms with Gasteiger partial charge in [-0.3, -0.25) is 4.99 Å². The summed E-state index contributed by atoms with van der Waals surface area (Å²) >= 11 is 0. The molecule has 1 saturated carbocycles. The van der Waals surface area contributed by atoms with Gasteiger partial charge in [0.05, 0.1) is 12.1 Å². The van der Waals surface area contributed by atoms with Gasteiger partial charge in [0, 0.05) is 31.9 Å². The molecule has 148 valence electrons. The summed E-state index contributed by atoms with van der Waals surface area (Å²) in [5.41, 5.74) is -0.359. The van der Waals surface area contributed by atoms with Gasteiger partial charge >= 0.3 is 6.18 Å². The van der Waals surface area contributed by atoms with Crippen molar-refractivity contribution < 1.29 is 17.9 Å². The first-order valence-corrected chi connectivity index (χ1v) is 9.25. The molecule has 2 N–H and O–H groups in total. The predicted molar refractivity (Wildman–Crippen MR) is 100 cm³/mol. The summed E-state index contributed by atoms with van der Waals surface area (Å²) in [6.45, 7) is 5.17. The van der Waals surface area contributed by atoms with E-state index in [0.29, 0.717) is 37.8 Å². The van der Waals surface area contributed by atoms with Crippen molar-refractivity contribution in [1.82, 2.24) is 10.6 Å². The molecule has 0 atom stereocenters. The quantitative estimate of drug-likeness (QED) is 0.314. The smallest absolute Gasteiger partial charge is 0.381 e. The van der Waals surface area contributed by atoms with Gasteiger partial charge in [-0.1, -0.05) is 17.9 Å². The molecule has 7 heteroatoms. The molecule has 0 aromatic heterocycles. The topological polar surface area (TPSA) is 45.7 Å². The molecule has 0 saturated heterocycles. The Labute approximate surface area is 158 Å². The van der Waals surface area contributed by atoms with Gasteiger partial charge in [0.15, 0.2) is 5.96 Å². The van der Waals surface area contributed by atoms with Gasteiger partial charge < -0.3 is 15.4 Å². The minimum atomic E-state index is -4.36. The maximum atomic E-state index is 12.7. The Morgan fingerprint density at radius 1 is 1.30 bits per heavy atom. The summed E-state index contributed by atoms with van der Waals surface area (Å²) in [6.07, 6.45) is -0.940. The standard InChI is InChI=1S/C20H26F3N3O/c1-2-24-19(26-12-5-13-27-15-17-9-10-17)25-11-4-7-16-6-3-8-18(14-16)20(21,22)23/h3,6,8,14,17H,2,5,9-13,15H2,1H3,(H2,24,25,26). The molecule has 1 aliphatic rings. The van der Waals surface area contributed by atoms with Crippen LogP contribution < -0.4 is 10.6 Å². The number of alkyl halides is 3. The SMILES string of the molecule is CCNC(=NCCCOCC1CC1)NCC#Cc1cccc(C(F)(F)F)c1. The van der Waals surface area contributed by atoms with Crippen LogP contribution >= 0.6 is 0 Å². The minimum absolute atomic E-state index is 0.292. The molecule has 1 fully saturated rings. The van der Waals surface area contributed by atoms with Crippen LogP contribution in [0.15, 0.2) is 29.3 Å². The summed E-state index contributed by atoms with van der Waals surface area (Å²) in [7, 11) is 0. The molecule has 0 bridgehead atoms. The second-order valence-electron chi connectivity index (χ2n) is 6.37. The Morgan fingerprint density at radius 2 is 2.11 bits per heavy atom. The largest absolute Gasteiger partial charge is 0.416 e. The van der Waals surface area contributed by atoms with Crippen molar-refractivity contribution in [1.29, 1.82) is 0 Å². The fourth-order valence-electron chi connectivity index (χ4n) is 2.28. The summed E-state index contributed by atoms with van der Waals surface area (Å²) < 4.78 is 43.6. The van der Waals surface area contributed by atoms with Gasteiger partial charge in [0.25, 0.3) is 0 Å². The van der Waals surface area contributed by atoms with Crippen LogP contribution in [0.3, 0.4) is 0 Å². The maximum absolute atomic E-state index is 12.7. The minimum Gasteiger partial charge on any atom is -0.381 e. The molecule has 1 aromatic carbocycles. The van der Waals surface area contributed by atoms with E-state index in [-0.39, 0.29) is 0 Å². The zero-order chi connectivity index (χ0) is 19.5. The van der Waals surface area contributed by atoms with Crippen molar-refractivity contribution in [3.8, 4) is 11.8 Å². The van der Waals surface area contributed by atoms with Crippen molar-refractivity contribution >= 4 is 5.96 Å². The van der Waals surface area contributed by atoms with Gasteiger partial charge in [-0.15, -0.1) is 0 Å². The number of halogens is 3. The van der Waals surface area contributed by atoms with Crippen molar-refractivity contribution in [3.05, 3.63) is 35.4 Å². The first-order chi connectivity index (χ1) is 13.0. The van der Waals surface area contributed by atoms with E-state index in [9.17, 15) is 13.2 Å². The lowest BCUT2D eigenvalue weighted by Crippen LogP contribution is -2.37. The molecule has 0 amide bonds. The number of ether oxygens (including phenoxy) is 1. The normalized spacial score (nSPS) is 14.4. The van der Waals surface area contributed by atoms with E-state index in [2.05, 4.69) is 27.5 Å². The van der Waals surface area contributed by atoms with E-state index in [1.807, 2.05) is 6.92 Å². The molecule has 27 heavy (non-hydrogen) atoms. The average Bonchev–Trinajstić information content (AvgIpc) is 3.45. The van der Waals surface area contributed by atoms with Gasteiger partial charge in [-0.2, -0.15) is 13.2 Å². The fourth-order valence-corrected chi connectivity index (χ4v) is 2.28. The number of hydrogen-bond acceptors (Lipinski definition) is 2. The van der Waals surface area contributed by atoms with Crippen LogP contribution in [0.5, 0.6) is 0 Å². The Kier molecular flexibility index (Phi) is 8.46. The lowest BCUT2D eigenvalue weighted by molar-refractivity contribution is -0.137.